The second-order valence-corrected chi connectivity index (χ2v) is 4.50. The zero-order valence-electron chi connectivity index (χ0n) is 10.9. The standard InChI is InChI=1S/C13H17N3O2/c1-9-6-7-16(8-10(9)2)13(17)11-4-5-12(18-3)15-14-11/h4-5H,6-8H2,1-3H3. The van der Waals surface area contributed by atoms with E-state index in [4.69, 9.17) is 4.74 Å². The maximum absolute atomic E-state index is 12.2. The molecule has 0 radical (unpaired) electrons. The maximum atomic E-state index is 12.2. The largest absolute Gasteiger partial charge is 0.480 e. The first-order chi connectivity index (χ1) is 8.61. The fourth-order valence-corrected chi connectivity index (χ4v) is 1.89. The van der Waals surface area contributed by atoms with Gasteiger partial charge in [-0.1, -0.05) is 11.1 Å². The van der Waals surface area contributed by atoms with Crippen LogP contribution >= 0.6 is 0 Å². The van der Waals surface area contributed by atoms with Gasteiger partial charge < -0.3 is 9.64 Å². The Kier molecular flexibility index (Phi) is 3.60. The molecule has 18 heavy (non-hydrogen) atoms. The van der Waals surface area contributed by atoms with Crippen molar-refractivity contribution in [3.8, 4) is 5.88 Å². The van der Waals surface area contributed by atoms with Gasteiger partial charge >= 0.3 is 0 Å². The molecule has 96 valence electrons. The summed E-state index contributed by atoms with van der Waals surface area (Å²) in [6.45, 7) is 5.60. The summed E-state index contributed by atoms with van der Waals surface area (Å²) in [5.74, 6) is 0.342. The van der Waals surface area contributed by atoms with E-state index in [1.165, 1.54) is 18.3 Å². The minimum atomic E-state index is -0.0722. The maximum Gasteiger partial charge on any atom is 0.274 e. The zero-order valence-corrected chi connectivity index (χ0v) is 10.9. The molecule has 2 rings (SSSR count). The van der Waals surface area contributed by atoms with Gasteiger partial charge in [0.1, 0.15) is 0 Å². The van der Waals surface area contributed by atoms with Crippen molar-refractivity contribution < 1.29 is 9.53 Å². The van der Waals surface area contributed by atoms with E-state index in [1.54, 1.807) is 17.0 Å². The third-order valence-corrected chi connectivity index (χ3v) is 3.27. The van der Waals surface area contributed by atoms with Gasteiger partial charge in [-0.3, -0.25) is 4.79 Å². The molecular formula is C13H17N3O2. The van der Waals surface area contributed by atoms with Gasteiger partial charge in [0.25, 0.3) is 5.91 Å². The molecule has 0 spiro atoms. The lowest BCUT2D eigenvalue weighted by Crippen LogP contribution is -2.36. The Labute approximate surface area is 106 Å². The third-order valence-electron chi connectivity index (χ3n) is 3.27. The van der Waals surface area contributed by atoms with Crippen LogP contribution in [0, 0.1) is 0 Å². The molecule has 5 nitrogen and oxygen atoms in total. The van der Waals surface area contributed by atoms with Crippen molar-refractivity contribution in [1.29, 1.82) is 0 Å². The summed E-state index contributed by atoms with van der Waals surface area (Å²) in [5, 5.41) is 7.70. The Bertz CT molecular complexity index is 480. The molecule has 0 saturated carbocycles. The molecule has 1 aliphatic heterocycles. The number of carbonyl (C=O) groups is 1. The van der Waals surface area contributed by atoms with Crippen molar-refractivity contribution in [1.82, 2.24) is 15.1 Å². The van der Waals surface area contributed by atoms with Gasteiger partial charge in [0.15, 0.2) is 5.69 Å². The predicted octanol–water partition coefficient (Wildman–Crippen LogP) is 1.67. The van der Waals surface area contributed by atoms with E-state index in [-0.39, 0.29) is 5.91 Å². The normalized spacial score (nSPS) is 15.8. The number of hydrogen-bond acceptors (Lipinski definition) is 4. The summed E-state index contributed by atoms with van der Waals surface area (Å²) in [5.41, 5.74) is 3.00. The van der Waals surface area contributed by atoms with Crippen LogP contribution in [0.4, 0.5) is 0 Å². The highest BCUT2D eigenvalue weighted by molar-refractivity contribution is 5.92. The number of aromatic nitrogens is 2. The van der Waals surface area contributed by atoms with Gasteiger partial charge in [0.2, 0.25) is 5.88 Å². The second-order valence-electron chi connectivity index (χ2n) is 4.50. The van der Waals surface area contributed by atoms with Gasteiger partial charge in [-0.15, -0.1) is 10.2 Å². The molecule has 0 unspecified atom stereocenters. The molecule has 0 aromatic carbocycles. The van der Waals surface area contributed by atoms with Gasteiger partial charge in [0.05, 0.1) is 7.11 Å². The first kappa shape index (κ1) is 12.5. The van der Waals surface area contributed by atoms with Crippen molar-refractivity contribution in [3.63, 3.8) is 0 Å². The van der Waals surface area contributed by atoms with E-state index < -0.39 is 0 Å². The molecule has 0 aliphatic carbocycles. The molecule has 1 aromatic rings. The van der Waals surface area contributed by atoms with E-state index in [0.29, 0.717) is 18.1 Å². The van der Waals surface area contributed by atoms with Crippen molar-refractivity contribution in [2.45, 2.75) is 20.3 Å². The molecule has 5 heteroatoms. The molecule has 0 N–H and O–H groups in total. The number of nitrogens with zero attached hydrogens (tertiary/aromatic N) is 3. The van der Waals surface area contributed by atoms with Gasteiger partial charge in [0, 0.05) is 19.2 Å². The van der Waals surface area contributed by atoms with Crippen LogP contribution in [-0.2, 0) is 0 Å². The summed E-state index contributed by atoms with van der Waals surface area (Å²) in [4.78, 5) is 14.0. The molecule has 1 aromatic heterocycles. The molecule has 1 amide bonds. The summed E-state index contributed by atoms with van der Waals surface area (Å²) in [6, 6.07) is 3.30. The number of amides is 1. The molecule has 1 aliphatic rings. The fraction of sp³-hybridized carbons (Fsp3) is 0.462. The fourth-order valence-electron chi connectivity index (χ4n) is 1.89. The second kappa shape index (κ2) is 5.16. The Morgan fingerprint density at radius 2 is 2.06 bits per heavy atom. The van der Waals surface area contributed by atoms with E-state index in [2.05, 4.69) is 24.0 Å². The summed E-state index contributed by atoms with van der Waals surface area (Å²) in [6.07, 6.45) is 0.932. The lowest BCUT2D eigenvalue weighted by atomic mass is 10.0. The average Bonchev–Trinajstić information content (AvgIpc) is 2.41. The lowest BCUT2D eigenvalue weighted by molar-refractivity contribution is 0.0756. The predicted molar refractivity (Wildman–Crippen MR) is 67.5 cm³/mol. The van der Waals surface area contributed by atoms with E-state index in [1.807, 2.05) is 0 Å². The topological polar surface area (TPSA) is 55.3 Å². The highest BCUT2D eigenvalue weighted by Crippen LogP contribution is 2.18. The van der Waals surface area contributed by atoms with Crippen molar-refractivity contribution in [2.75, 3.05) is 20.2 Å². The minimum Gasteiger partial charge on any atom is -0.480 e. The number of methoxy groups -OCH3 is 1. The van der Waals surface area contributed by atoms with Crippen LogP contribution in [0.3, 0.4) is 0 Å². The molecule has 0 bridgehead atoms. The SMILES string of the molecule is COc1ccc(C(=O)N2CCC(C)=C(C)C2)nn1. The Hall–Kier alpha value is -1.91. The first-order valence-corrected chi connectivity index (χ1v) is 5.94. The molecular weight excluding hydrogens is 230 g/mol. The van der Waals surface area contributed by atoms with Crippen LogP contribution in [0.5, 0.6) is 5.88 Å². The van der Waals surface area contributed by atoms with Gasteiger partial charge in [-0.2, -0.15) is 0 Å². The monoisotopic (exact) mass is 247 g/mol. The van der Waals surface area contributed by atoms with Crippen LogP contribution in [0.15, 0.2) is 23.3 Å². The number of carbonyl (C=O) groups excluding carboxylic acids is 1. The highest BCUT2D eigenvalue weighted by atomic mass is 16.5. The van der Waals surface area contributed by atoms with Crippen molar-refractivity contribution >= 4 is 5.91 Å². The van der Waals surface area contributed by atoms with Crippen LogP contribution < -0.4 is 4.74 Å². The van der Waals surface area contributed by atoms with Crippen LogP contribution in [0.1, 0.15) is 30.8 Å². The summed E-state index contributed by atoms with van der Waals surface area (Å²) >= 11 is 0. The van der Waals surface area contributed by atoms with Crippen LogP contribution in [-0.4, -0.2) is 41.2 Å². The molecule has 0 saturated heterocycles. The van der Waals surface area contributed by atoms with Crippen molar-refractivity contribution in [2.24, 2.45) is 0 Å². The van der Waals surface area contributed by atoms with Gasteiger partial charge in [-0.05, 0) is 26.3 Å². The number of ether oxygens (including phenoxy) is 1. The van der Waals surface area contributed by atoms with Crippen LogP contribution in [0.25, 0.3) is 0 Å². The summed E-state index contributed by atoms with van der Waals surface area (Å²) < 4.78 is 4.92. The Balaban J connectivity index is 2.12. The Morgan fingerprint density at radius 1 is 1.28 bits per heavy atom. The van der Waals surface area contributed by atoms with E-state index in [0.717, 1.165) is 13.0 Å². The number of hydrogen-bond donors (Lipinski definition) is 0. The lowest BCUT2D eigenvalue weighted by Gasteiger charge is -2.28. The van der Waals surface area contributed by atoms with Crippen LogP contribution in [0.2, 0.25) is 0 Å². The number of rotatable bonds is 2. The third kappa shape index (κ3) is 2.50. The zero-order chi connectivity index (χ0) is 13.1. The smallest absolute Gasteiger partial charge is 0.274 e. The van der Waals surface area contributed by atoms with Crippen molar-refractivity contribution in [3.05, 3.63) is 29.0 Å². The van der Waals surface area contributed by atoms with Gasteiger partial charge in [-0.25, -0.2) is 0 Å². The molecule has 0 fully saturated rings. The molecule has 0 atom stereocenters. The summed E-state index contributed by atoms with van der Waals surface area (Å²) in [7, 11) is 1.52. The quantitative estimate of drug-likeness (QED) is 0.746. The minimum absolute atomic E-state index is 0.0722. The molecule has 2 heterocycles. The first-order valence-electron chi connectivity index (χ1n) is 5.94. The Morgan fingerprint density at radius 3 is 2.61 bits per heavy atom. The highest BCUT2D eigenvalue weighted by Gasteiger charge is 2.21. The van der Waals surface area contributed by atoms with E-state index in [9.17, 15) is 4.79 Å². The van der Waals surface area contributed by atoms with E-state index >= 15 is 0 Å². The average molecular weight is 247 g/mol.